The minimum absolute atomic E-state index is 0.113. The third-order valence-corrected chi connectivity index (χ3v) is 5.75. The van der Waals surface area contributed by atoms with Crippen molar-refractivity contribution in [2.45, 2.75) is 38.3 Å². The molecule has 0 radical (unpaired) electrons. The molecule has 2 amide bonds. The third kappa shape index (κ3) is 3.48. The van der Waals surface area contributed by atoms with Crippen LogP contribution in [0.2, 0.25) is 0 Å². The Morgan fingerprint density at radius 2 is 2.07 bits per heavy atom. The number of carbonyl (C=O) groups excluding carboxylic acids is 2. The van der Waals surface area contributed by atoms with Gasteiger partial charge in [0.15, 0.2) is 0 Å². The molecule has 28 heavy (non-hydrogen) atoms. The van der Waals surface area contributed by atoms with Crippen LogP contribution in [0, 0.1) is 0 Å². The Morgan fingerprint density at radius 3 is 2.86 bits per heavy atom. The zero-order valence-electron chi connectivity index (χ0n) is 16.2. The highest BCUT2D eigenvalue weighted by Gasteiger charge is 2.51. The molecule has 7 nitrogen and oxygen atoms in total. The maximum absolute atomic E-state index is 12.9. The Labute approximate surface area is 164 Å². The second-order valence-corrected chi connectivity index (χ2v) is 7.55. The van der Waals surface area contributed by atoms with Gasteiger partial charge in [-0.05, 0) is 5.56 Å². The van der Waals surface area contributed by atoms with Gasteiger partial charge in [0.05, 0.1) is 0 Å². The molecule has 1 aromatic carbocycles. The smallest absolute Gasteiger partial charge is 0.410 e. The first-order valence-electron chi connectivity index (χ1n) is 9.87. The van der Waals surface area contributed by atoms with Crippen LogP contribution in [-0.2, 0) is 28.9 Å². The summed E-state index contributed by atoms with van der Waals surface area (Å²) in [5.74, 6) is 1.11. The Kier molecular flexibility index (Phi) is 5.07. The second kappa shape index (κ2) is 7.66. The number of rotatable bonds is 6. The summed E-state index contributed by atoms with van der Waals surface area (Å²) in [7, 11) is 0. The van der Waals surface area contributed by atoms with Crippen LogP contribution in [-0.4, -0.2) is 63.1 Å². The number of fused-ring (bicyclic) bond motifs is 1. The lowest BCUT2D eigenvalue weighted by molar-refractivity contribution is -0.135. The largest absolute Gasteiger partial charge is 0.447 e. The summed E-state index contributed by atoms with van der Waals surface area (Å²) in [5.41, 5.74) is 0.668. The highest BCUT2D eigenvalue weighted by Crippen LogP contribution is 2.32. The molecule has 0 bridgehead atoms. The Hall–Kier alpha value is -2.83. The van der Waals surface area contributed by atoms with E-state index in [-0.39, 0.29) is 12.0 Å². The van der Waals surface area contributed by atoms with Crippen LogP contribution < -0.4 is 0 Å². The third-order valence-electron chi connectivity index (χ3n) is 5.75. The molecule has 0 N–H and O–H groups in total. The van der Waals surface area contributed by atoms with Crippen molar-refractivity contribution in [1.82, 2.24) is 19.4 Å². The lowest BCUT2D eigenvalue weighted by Gasteiger charge is -2.44. The number of hydrogen-bond donors (Lipinski definition) is 0. The first-order valence-corrected chi connectivity index (χ1v) is 9.87. The normalized spacial score (nSPS) is 21.5. The van der Waals surface area contributed by atoms with Gasteiger partial charge in [-0.3, -0.25) is 9.69 Å². The van der Waals surface area contributed by atoms with Crippen molar-refractivity contribution in [2.24, 2.45) is 0 Å². The molecule has 1 unspecified atom stereocenters. The first-order chi connectivity index (χ1) is 13.6. The molecule has 1 atom stereocenters. The number of carbonyl (C=O) groups is 2. The lowest BCUT2D eigenvalue weighted by Crippen LogP contribution is -2.63. The van der Waals surface area contributed by atoms with Gasteiger partial charge in [0.2, 0.25) is 5.91 Å². The van der Waals surface area contributed by atoms with E-state index in [4.69, 9.17) is 4.74 Å². The molecular weight excluding hydrogens is 356 g/mol. The number of benzene rings is 1. The molecular formula is C21H26N4O3. The summed E-state index contributed by atoms with van der Waals surface area (Å²) < 4.78 is 7.43. The highest BCUT2D eigenvalue weighted by atomic mass is 16.6. The summed E-state index contributed by atoms with van der Waals surface area (Å²) in [6.45, 7) is 4.59. The van der Waals surface area contributed by atoms with Crippen LogP contribution in [0.4, 0.5) is 4.79 Å². The number of amides is 2. The molecule has 3 heterocycles. The quantitative estimate of drug-likeness (QED) is 0.767. The number of ether oxygens (including phenoxy) is 1. The van der Waals surface area contributed by atoms with Gasteiger partial charge >= 0.3 is 6.09 Å². The fraction of sp³-hybridized carbons (Fsp3) is 0.476. The number of hydrogen-bond acceptors (Lipinski definition) is 4. The minimum Gasteiger partial charge on any atom is -0.447 e. The van der Waals surface area contributed by atoms with Gasteiger partial charge in [0.1, 0.15) is 18.0 Å². The van der Waals surface area contributed by atoms with Crippen molar-refractivity contribution in [3.8, 4) is 0 Å². The number of aromatic nitrogens is 2. The molecule has 4 rings (SSSR count). The Morgan fingerprint density at radius 1 is 1.25 bits per heavy atom. The van der Waals surface area contributed by atoms with Gasteiger partial charge in [-0.2, -0.15) is 0 Å². The van der Waals surface area contributed by atoms with Crippen LogP contribution in [0.3, 0.4) is 0 Å². The molecule has 1 aromatic heterocycles. The molecule has 0 saturated carbocycles. The van der Waals surface area contributed by atoms with E-state index >= 15 is 0 Å². The zero-order valence-corrected chi connectivity index (χ0v) is 16.2. The molecule has 2 saturated heterocycles. The van der Waals surface area contributed by atoms with Crippen molar-refractivity contribution < 1.29 is 14.3 Å². The van der Waals surface area contributed by atoms with E-state index in [0.29, 0.717) is 45.6 Å². The van der Waals surface area contributed by atoms with Crippen molar-refractivity contribution >= 4 is 12.0 Å². The summed E-state index contributed by atoms with van der Waals surface area (Å²) in [6.07, 6.45) is 5.39. The molecule has 0 spiro atoms. The first kappa shape index (κ1) is 18.5. The fourth-order valence-electron chi connectivity index (χ4n) is 4.28. The summed E-state index contributed by atoms with van der Waals surface area (Å²) in [5, 5.41) is 0. The van der Waals surface area contributed by atoms with Crippen molar-refractivity contribution in [3.05, 3.63) is 54.1 Å². The van der Waals surface area contributed by atoms with Gasteiger partial charge in [0, 0.05) is 57.8 Å². The predicted molar refractivity (Wildman–Crippen MR) is 104 cm³/mol. The number of cyclic esters (lactones) is 1. The lowest BCUT2D eigenvalue weighted by atomic mass is 9.88. The van der Waals surface area contributed by atoms with E-state index in [0.717, 1.165) is 17.8 Å². The van der Waals surface area contributed by atoms with Crippen LogP contribution in [0.5, 0.6) is 0 Å². The van der Waals surface area contributed by atoms with E-state index in [1.807, 2.05) is 38.8 Å². The molecule has 7 heteroatoms. The molecule has 2 aliphatic rings. The number of imidazole rings is 1. The van der Waals surface area contributed by atoms with E-state index in [9.17, 15) is 9.59 Å². The summed E-state index contributed by atoms with van der Waals surface area (Å²) in [4.78, 5) is 33.1. The van der Waals surface area contributed by atoms with Crippen LogP contribution in [0.1, 0.15) is 24.7 Å². The number of piperazine rings is 1. The predicted octanol–water partition coefficient (Wildman–Crippen LogP) is 2.11. The van der Waals surface area contributed by atoms with E-state index in [1.165, 1.54) is 0 Å². The monoisotopic (exact) mass is 382 g/mol. The van der Waals surface area contributed by atoms with Gasteiger partial charge in [-0.15, -0.1) is 0 Å². The molecule has 148 valence electrons. The zero-order chi connectivity index (χ0) is 19.6. The van der Waals surface area contributed by atoms with Crippen molar-refractivity contribution in [2.75, 3.05) is 26.2 Å². The summed E-state index contributed by atoms with van der Waals surface area (Å²) >= 11 is 0. The standard InChI is InChI=1S/C21H26N4O3/c1-2-18-22-9-11-23(18)10-8-19(26)24-12-13-25-20(27)28-16-21(25,15-24)14-17-6-4-3-5-7-17/h3-7,9,11H,2,8,10,12-16H2,1H3. The van der Waals surface area contributed by atoms with Crippen LogP contribution in [0.15, 0.2) is 42.7 Å². The topological polar surface area (TPSA) is 67.7 Å². The minimum atomic E-state index is -0.476. The number of nitrogens with zero attached hydrogens (tertiary/aromatic N) is 4. The average Bonchev–Trinajstić information content (AvgIpc) is 3.31. The molecule has 2 aliphatic heterocycles. The van der Waals surface area contributed by atoms with E-state index < -0.39 is 5.54 Å². The van der Waals surface area contributed by atoms with Crippen LogP contribution in [0.25, 0.3) is 0 Å². The summed E-state index contributed by atoms with van der Waals surface area (Å²) in [6, 6.07) is 10.1. The molecule has 2 fully saturated rings. The van der Waals surface area contributed by atoms with Crippen molar-refractivity contribution in [1.29, 1.82) is 0 Å². The maximum Gasteiger partial charge on any atom is 0.410 e. The van der Waals surface area contributed by atoms with E-state index in [2.05, 4.69) is 24.0 Å². The van der Waals surface area contributed by atoms with Gasteiger partial charge in [0.25, 0.3) is 0 Å². The maximum atomic E-state index is 12.9. The van der Waals surface area contributed by atoms with E-state index in [1.54, 1.807) is 6.20 Å². The highest BCUT2D eigenvalue weighted by molar-refractivity contribution is 5.78. The van der Waals surface area contributed by atoms with Gasteiger partial charge in [-0.25, -0.2) is 9.78 Å². The molecule has 0 aliphatic carbocycles. The Balaban J connectivity index is 1.46. The SMILES string of the molecule is CCc1nccn1CCC(=O)N1CCN2C(=O)OCC2(Cc2ccccc2)C1. The average molecular weight is 382 g/mol. The molecule has 2 aromatic rings. The van der Waals surface area contributed by atoms with Crippen LogP contribution >= 0.6 is 0 Å². The van der Waals surface area contributed by atoms with Gasteiger partial charge in [-0.1, -0.05) is 37.3 Å². The second-order valence-electron chi connectivity index (χ2n) is 7.55. The fourth-order valence-corrected chi connectivity index (χ4v) is 4.28. The Bertz CT molecular complexity index is 850. The van der Waals surface area contributed by atoms with Crippen molar-refractivity contribution in [3.63, 3.8) is 0 Å². The number of aryl methyl sites for hydroxylation is 2. The van der Waals surface area contributed by atoms with Gasteiger partial charge < -0.3 is 14.2 Å².